The monoisotopic (exact) mass is 512 g/mol. The summed E-state index contributed by atoms with van der Waals surface area (Å²) in [6, 6.07) is 15.9. The number of nitro groups is 1. The van der Waals surface area contributed by atoms with Gasteiger partial charge in [0.25, 0.3) is 11.6 Å². The fourth-order valence-electron chi connectivity index (χ4n) is 3.37. The number of ether oxygens (including phenoxy) is 1. The average molecular weight is 513 g/mol. The minimum Gasteiger partial charge on any atom is -0.410 e. The van der Waals surface area contributed by atoms with Gasteiger partial charge in [-0.25, -0.2) is 13.2 Å². The maximum atomic E-state index is 12.8. The number of carbonyl (C=O) groups is 2. The summed E-state index contributed by atoms with van der Waals surface area (Å²) in [5.41, 5.74) is 6.05. The molecule has 2 amide bonds. The predicted molar refractivity (Wildman–Crippen MR) is 130 cm³/mol. The van der Waals surface area contributed by atoms with Crippen molar-refractivity contribution in [2.75, 3.05) is 16.4 Å². The first kappa shape index (κ1) is 24.4. The van der Waals surface area contributed by atoms with Gasteiger partial charge in [-0.15, -0.1) is 0 Å². The van der Waals surface area contributed by atoms with E-state index in [1.807, 2.05) is 0 Å². The number of carbonyl (C=O) groups excluding carboxylic acids is 2. The second kappa shape index (κ2) is 9.89. The predicted octanol–water partition coefficient (Wildman–Crippen LogP) is 2.13. The van der Waals surface area contributed by atoms with Crippen molar-refractivity contribution in [3.8, 4) is 5.75 Å². The number of para-hydroxylation sites is 1. The molecule has 0 fully saturated rings. The van der Waals surface area contributed by atoms with Gasteiger partial charge < -0.3 is 26.4 Å². The quantitative estimate of drug-likeness (QED) is 0.179. The Morgan fingerprint density at radius 1 is 1.11 bits per heavy atom. The Bertz CT molecular complexity index is 1430. The number of amides is 2. The lowest BCUT2D eigenvalue weighted by Gasteiger charge is -2.29. The van der Waals surface area contributed by atoms with E-state index >= 15 is 0 Å². The molecule has 14 heteroatoms. The number of nitrogens with two attached hydrogens (primary N) is 1. The van der Waals surface area contributed by atoms with Crippen molar-refractivity contribution in [3.63, 3.8) is 0 Å². The van der Waals surface area contributed by atoms with Gasteiger partial charge in [0, 0.05) is 29.9 Å². The summed E-state index contributed by atoms with van der Waals surface area (Å²) in [7, 11) is -4.13. The van der Waals surface area contributed by atoms with E-state index in [4.69, 9.17) is 10.5 Å². The number of nitro benzene ring substituents is 1. The van der Waals surface area contributed by atoms with Crippen LogP contribution in [0.3, 0.4) is 0 Å². The number of hydrogen-bond donors (Lipinski definition) is 5. The Morgan fingerprint density at radius 2 is 1.81 bits per heavy atom. The maximum absolute atomic E-state index is 12.8. The van der Waals surface area contributed by atoms with Crippen LogP contribution in [-0.4, -0.2) is 31.5 Å². The Labute approximate surface area is 204 Å². The van der Waals surface area contributed by atoms with Gasteiger partial charge in [0.1, 0.15) is 5.75 Å². The molecule has 3 aromatic rings. The van der Waals surface area contributed by atoms with Crippen molar-refractivity contribution in [2.24, 2.45) is 0 Å². The molecule has 4 rings (SSSR count). The van der Waals surface area contributed by atoms with Crippen LogP contribution < -0.4 is 31.1 Å². The molecule has 0 spiro atoms. The number of nitrogen functional groups attached to an aromatic ring is 1. The molecule has 3 aromatic carbocycles. The lowest BCUT2D eigenvalue weighted by Crippen LogP contribution is -2.51. The van der Waals surface area contributed by atoms with Crippen molar-refractivity contribution in [3.05, 3.63) is 82.4 Å². The van der Waals surface area contributed by atoms with Gasteiger partial charge in [-0.05, 0) is 36.4 Å². The van der Waals surface area contributed by atoms with Crippen LogP contribution in [0.5, 0.6) is 5.75 Å². The highest BCUT2D eigenvalue weighted by Gasteiger charge is 2.32. The fraction of sp³-hybridized carbons (Fsp3) is 0.0909. The average Bonchev–Trinajstić information content (AvgIpc) is 2.83. The SMILES string of the molecule is Nc1ccc(S(=O)(=O)NC2Nc3c(CNC(=O)Oc4ccccc4)cc([N+](=O)[O-])cc3NC2=O)cc1. The van der Waals surface area contributed by atoms with Crippen molar-refractivity contribution in [2.45, 2.75) is 17.6 Å². The second-order valence-electron chi connectivity index (χ2n) is 7.60. The second-order valence-corrected chi connectivity index (χ2v) is 9.31. The van der Waals surface area contributed by atoms with E-state index in [1.54, 1.807) is 30.3 Å². The molecule has 1 aliphatic heterocycles. The van der Waals surface area contributed by atoms with Gasteiger partial charge in [-0.2, -0.15) is 4.72 Å². The largest absolute Gasteiger partial charge is 0.412 e. The molecule has 0 bridgehead atoms. The zero-order valence-electron chi connectivity index (χ0n) is 18.4. The summed E-state index contributed by atoms with van der Waals surface area (Å²) in [5, 5.41) is 19.1. The molecule has 13 nitrogen and oxygen atoms in total. The summed E-state index contributed by atoms with van der Waals surface area (Å²) in [6.07, 6.45) is -2.27. The molecule has 1 heterocycles. The summed E-state index contributed by atoms with van der Waals surface area (Å²) in [6.45, 7) is -0.226. The minimum absolute atomic E-state index is 0.0466. The number of rotatable bonds is 7. The van der Waals surface area contributed by atoms with Gasteiger partial charge >= 0.3 is 6.09 Å². The first-order chi connectivity index (χ1) is 17.1. The van der Waals surface area contributed by atoms with Gasteiger partial charge in [0.15, 0.2) is 6.17 Å². The van der Waals surface area contributed by atoms with Crippen LogP contribution in [-0.2, 0) is 21.4 Å². The van der Waals surface area contributed by atoms with Gasteiger partial charge in [0.2, 0.25) is 10.0 Å². The molecular weight excluding hydrogens is 492 g/mol. The van der Waals surface area contributed by atoms with Crippen LogP contribution in [0, 0.1) is 10.1 Å². The van der Waals surface area contributed by atoms with E-state index in [9.17, 15) is 28.1 Å². The third-order valence-electron chi connectivity index (χ3n) is 5.06. The van der Waals surface area contributed by atoms with Crippen molar-refractivity contribution >= 4 is 44.8 Å². The molecule has 0 saturated carbocycles. The molecule has 6 N–H and O–H groups in total. The Hall–Kier alpha value is -4.69. The van der Waals surface area contributed by atoms with E-state index in [-0.39, 0.29) is 34.1 Å². The molecular formula is C22H20N6O7S. The topological polar surface area (TPSA) is 195 Å². The van der Waals surface area contributed by atoms with Crippen molar-refractivity contribution < 1.29 is 27.7 Å². The van der Waals surface area contributed by atoms with Crippen LogP contribution in [0.15, 0.2) is 71.6 Å². The molecule has 0 saturated heterocycles. The zero-order chi connectivity index (χ0) is 25.9. The summed E-state index contributed by atoms with van der Waals surface area (Å²) < 4.78 is 32.9. The fourth-order valence-corrected chi connectivity index (χ4v) is 4.47. The van der Waals surface area contributed by atoms with Crippen molar-refractivity contribution in [1.29, 1.82) is 0 Å². The van der Waals surface area contributed by atoms with Crippen LogP contribution in [0.4, 0.5) is 27.5 Å². The molecule has 0 radical (unpaired) electrons. The van der Waals surface area contributed by atoms with Crippen LogP contribution >= 0.6 is 0 Å². The Morgan fingerprint density at radius 3 is 2.47 bits per heavy atom. The van der Waals surface area contributed by atoms with E-state index in [0.717, 1.165) is 6.07 Å². The smallest absolute Gasteiger partial charge is 0.410 e. The molecule has 186 valence electrons. The zero-order valence-corrected chi connectivity index (χ0v) is 19.2. The van der Waals surface area contributed by atoms with Crippen LogP contribution in [0.1, 0.15) is 5.56 Å². The number of non-ortho nitro benzene ring substituents is 1. The Kier molecular flexibility index (Phi) is 6.71. The molecule has 1 unspecified atom stereocenters. The number of nitrogens with zero attached hydrogens (tertiary/aromatic N) is 1. The maximum Gasteiger partial charge on any atom is 0.412 e. The number of nitrogens with one attached hydrogen (secondary N) is 4. The summed E-state index contributed by atoms with van der Waals surface area (Å²) >= 11 is 0. The molecule has 1 atom stereocenters. The first-order valence-electron chi connectivity index (χ1n) is 10.4. The molecule has 1 aliphatic rings. The highest BCUT2D eigenvalue weighted by Crippen LogP contribution is 2.35. The number of hydrogen-bond acceptors (Lipinski definition) is 9. The van der Waals surface area contributed by atoms with E-state index in [2.05, 4.69) is 20.7 Å². The standard InChI is InChI=1S/C22H20N6O7S/c23-14-6-8-17(9-7-14)36(33,34)27-20-21(29)25-18-11-15(28(31)32)10-13(19(18)26-20)12-24-22(30)35-16-4-2-1-3-5-16/h1-11,20,26-27H,12,23H2,(H,24,30)(H,25,29). The number of benzene rings is 3. The van der Waals surface area contributed by atoms with Gasteiger partial charge in [-0.3, -0.25) is 14.9 Å². The van der Waals surface area contributed by atoms with Crippen molar-refractivity contribution in [1.82, 2.24) is 10.0 Å². The summed E-state index contributed by atoms with van der Waals surface area (Å²) in [5.74, 6) is -0.497. The molecule has 0 aliphatic carbocycles. The highest BCUT2D eigenvalue weighted by atomic mass is 32.2. The normalized spacial score (nSPS) is 14.7. The van der Waals surface area contributed by atoms with E-state index in [0.29, 0.717) is 11.4 Å². The molecule has 36 heavy (non-hydrogen) atoms. The van der Waals surface area contributed by atoms with Gasteiger partial charge in [0.05, 0.1) is 21.2 Å². The number of fused-ring (bicyclic) bond motifs is 1. The number of anilines is 3. The highest BCUT2D eigenvalue weighted by molar-refractivity contribution is 7.89. The third-order valence-corrected chi connectivity index (χ3v) is 6.50. The Balaban J connectivity index is 1.56. The minimum atomic E-state index is -4.13. The van der Waals surface area contributed by atoms with E-state index in [1.165, 1.54) is 30.3 Å². The third kappa shape index (κ3) is 5.51. The summed E-state index contributed by atoms with van der Waals surface area (Å²) in [4.78, 5) is 35.4. The van der Waals surface area contributed by atoms with E-state index < -0.39 is 33.1 Å². The first-order valence-corrected chi connectivity index (χ1v) is 11.9. The molecule has 0 aromatic heterocycles. The van der Waals surface area contributed by atoms with Gasteiger partial charge in [-0.1, -0.05) is 18.2 Å². The lowest BCUT2D eigenvalue weighted by atomic mass is 10.1. The van der Waals surface area contributed by atoms with Crippen LogP contribution in [0.2, 0.25) is 0 Å². The van der Waals surface area contributed by atoms with Crippen LogP contribution in [0.25, 0.3) is 0 Å². The lowest BCUT2D eigenvalue weighted by molar-refractivity contribution is -0.384. The number of sulfonamides is 1.